The standard InChI is InChI=1S/C14H25N3O2S/c1-12(20-3)11-17-14(16-8-10-18-2)15-7-6-13-5-4-9-19-13/h4-5,9,12H,6-8,10-11H2,1-3H3,(H2,15,16,17). The zero-order valence-corrected chi connectivity index (χ0v) is 13.3. The molecule has 0 aliphatic carbocycles. The Morgan fingerprint density at radius 2 is 2.25 bits per heavy atom. The maximum absolute atomic E-state index is 5.31. The summed E-state index contributed by atoms with van der Waals surface area (Å²) in [4.78, 5) is 4.57. The number of nitrogens with one attached hydrogen (secondary N) is 2. The van der Waals surface area contributed by atoms with Crippen LogP contribution in [0, 0.1) is 0 Å². The quantitative estimate of drug-likeness (QED) is 0.413. The van der Waals surface area contributed by atoms with E-state index >= 15 is 0 Å². The van der Waals surface area contributed by atoms with Crippen LogP contribution in [-0.4, -0.2) is 50.8 Å². The monoisotopic (exact) mass is 299 g/mol. The number of aliphatic imine (C=N–C) groups is 1. The minimum absolute atomic E-state index is 0.515. The van der Waals surface area contributed by atoms with Gasteiger partial charge in [0.1, 0.15) is 5.76 Å². The Bertz CT molecular complexity index is 369. The van der Waals surface area contributed by atoms with E-state index in [0.717, 1.165) is 37.8 Å². The molecule has 1 heterocycles. The largest absolute Gasteiger partial charge is 0.469 e. The Hall–Kier alpha value is -1.14. The highest BCUT2D eigenvalue weighted by Crippen LogP contribution is 2.04. The van der Waals surface area contributed by atoms with Crippen LogP contribution in [-0.2, 0) is 11.2 Å². The van der Waals surface area contributed by atoms with Crippen molar-refractivity contribution in [3.63, 3.8) is 0 Å². The summed E-state index contributed by atoms with van der Waals surface area (Å²) in [5.74, 6) is 1.81. The van der Waals surface area contributed by atoms with E-state index in [1.807, 2.05) is 23.9 Å². The highest BCUT2D eigenvalue weighted by molar-refractivity contribution is 7.99. The summed E-state index contributed by atoms with van der Waals surface area (Å²) in [7, 11) is 1.69. The zero-order chi connectivity index (χ0) is 14.6. The molecule has 0 bridgehead atoms. The van der Waals surface area contributed by atoms with Crippen molar-refractivity contribution in [1.29, 1.82) is 0 Å². The number of nitrogens with zero attached hydrogens (tertiary/aromatic N) is 1. The van der Waals surface area contributed by atoms with Crippen molar-refractivity contribution in [2.24, 2.45) is 4.99 Å². The van der Waals surface area contributed by atoms with Gasteiger partial charge in [0.05, 0.1) is 19.4 Å². The first-order chi connectivity index (χ1) is 9.76. The molecule has 1 rings (SSSR count). The fraction of sp³-hybridized carbons (Fsp3) is 0.643. The Morgan fingerprint density at radius 1 is 1.45 bits per heavy atom. The van der Waals surface area contributed by atoms with E-state index in [-0.39, 0.29) is 0 Å². The average Bonchev–Trinajstić information content (AvgIpc) is 2.97. The van der Waals surface area contributed by atoms with Gasteiger partial charge in [-0.05, 0) is 18.4 Å². The highest BCUT2D eigenvalue weighted by atomic mass is 32.2. The lowest BCUT2D eigenvalue weighted by atomic mass is 10.3. The molecular formula is C14H25N3O2S. The van der Waals surface area contributed by atoms with Crippen molar-refractivity contribution in [3.8, 4) is 0 Å². The minimum atomic E-state index is 0.515. The molecule has 0 spiro atoms. The maximum atomic E-state index is 5.31. The molecule has 5 nitrogen and oxygen atoms in total. The van der Waals surface area contributed by atoms with Crippen LogP contribution in [0.25, 0.3) is 0 Å². The third kappa shape index (κ3) is 7.45. The van der Waals surface area contributed by atoms with Gasteiger partial charge < -0.3 is 19.8 Å². The molecule has 0 amide bonds. The van der Waals surface area contributed by atoms with Crippen molar-refractivity contribution in [2.45, 2.75) is 18.6 Å². The summed E-state index contributed by atoms with van der Waals surface area (Å²) < 4.78 is 10.3. The molecule has 1 aromatic heterocycles. The third-order valence-corrected chi connectivity index (χ3v) is 3.71. The number of hydrogen-bond acceptors (Lipinski definition) is 4. The van der Waals surface area contributed by atoms with Gasteiger partial charge in [-0.2, -0.15) is 11.8 Å². The van der Waals surface area contributed by atoms with Gasteiger partial charge in [0.2, 0.25) is 0 Å². The molecule has 0 aliphatic rings. The Labute approximate surface area is 125 Å². The molecule has 1 atom stereocenters. The van der Waals surface area contributed by atoms with Crippen LogP contribution < -0.4 is 10.6 Å². The van der Waals surface area contributed by atoms with E-state index in [9.17, 15) is 0 Å². The van der Waals surface area contributed by atoms with Gasteiger partial charge in [0, 0.05) is 31.9 Å². The molecule has 0 fully saturated rings. The molecule has 0 radical (unpaired) electrons. The van der Waals surface area contributed by atoms with Gasteiger partial charge in [-0.3, -0.25) is 4.99 Å². The van der Waals surface area contributed by atoms with Gasteiger partial charge in [-0.15, -0.1) is 0 Å². The van der Waals surface area contributed by atoms with Gasteiger partial charge in [-0.25, -0.2) is 0 Å². The van der Waals surface area contributed by atoms with Crippen molar-refractivity contribution >= 4 is 17.7 Å². The second-order valence-electron chi connectivity index (χ2n) is 4.41. The molecule has 2 N–H and O–H groups in total. The predicted molar refractivity (Wildman–Crippen MR) is 85.6 cm³/mol. The number of ether oxygens (including phenoxy) is 1. The lowest BCUT2D eigenvalue weighted by Gasteiger charge is -2.13. The minimum Gasteiger partial charge on any atom is -0.469 e. The summed E-state index contributed by atoms with van der Waals surface area (Å²) >= 11 is 1.81. The van der Waals surface area contributed by atoms with Gasteiger partial charge in [-0.1, -0.05) is 6.92 Å². The molecule has 114 valence electrons. The van der Waals surface area contributed by atoms with Crippen LogP contribution in [0.4, 0.5) is 0 Å². The topological polar surface area (TPSA) is 58.8 Å². The second-order valence-corrected chi connectivity index (χ2v) is 5.69. The summed E-state index contributed by atoms with van der Waals surface area (Å²) in [5, 5.41) is 7.08. The van der Waals surface area contributed by atoms with Gasteiger partial charge in [0.25, 0.3) is 0 Å². The Balaban J connectivity index is 2.35. The van der Waals surface area contributed by atoms with Crippen LogP contribution in [0.3, 0.4) is 0 Å². The SMILES string of the molecule is COCCNC(=NCC(C)SC)NCCc1ccco1. The first-order valence-electron chi connectivity index (χ1n) is 6.82. The fourth-order valence-electron chi connectivity index (χ4n) is 1.50. The summed E-state index contributed by atoms with van der Waals surface area (Å²) in [6.07, 6.45) is 4.64. The van der Waals surface area contributed by atoms with Crippen molar-refractivity contribution in [3.05, 3.63) is 24.2 Å². The summed E-state index contributed by atoms with van der Waals surface area (Å²) in [5.41, 5.74) is 0. The lowest BCUT2D eigenvalue weighted by molar-refractivity contribution is 0.203. The molecule has 1 aromatic rings. The summed E-state index contributed by atoms with van der Waals surface area (Å²) in [6.45, 7) is 5.17. The number of thioether (sulfide) groups is 1. The molecule has 0 aromatic carbocycles. The van der Waals surface area contributed by atoms with Crippen molar-refractivity contribution in [1.82, 2.24) is 10.6 Å². The smallest absolute Gasteiger partial charge is 0.191 e. The molecular weight excluding hydrogens is 274 g/mol. The number of methoxy groups -OCH3 is 1. The van der Waals surface area contributed by atoms with Crippen LogP contribution >= 0.6 is 11.8 Å². The summed E-state index contributed by atoms with van der Waals surface area (Å²) in [6, 6.07) is 3.88. The lowest BCUT2D eigenvalue weighted by Crippen LogP contribution is -2.40. The van der Waals surface area contributed by atoms with E-state index in [1.165, 1.54) is 0 Å². The molecule has 20 heavy (non-hydrogen) atoms. The van der Waals surface area contributed by atoms with Crippen LogP contribution in [0.5, 0.6) is 0 Å². The van der Waals surface area contributed by atoms with E-state index in [4.69, 9.17) is 9.15 Å². The number of guanidine groups is 1. The van der Waals surface area contributed by atoms with E-state index < -0.39 is 0 Å². The normalized spacial score (nSPS) is 13.2. The Morgan fingerprint density at radius 3 is 2.90 bits per heavy atom. The number of furan rings is 1. The van der Waals surface area contributed by atoms with Gasteiger partial charge in [0.15, 0.2) is 5.96 Å². The second kappa shape index (κ2) is 10.6. The third-order valence-electron chi connectivity index (χ3n) is 2.75. The van der Waals surface area contributed by atoms with Crippen LogP contribution in [0.1, 0.15) is 12.7 Å². The Kier molecular flexibility index (Phi) is 8.98. The van der Waals surface area contributed by atoms with Crippen LogP contribution in [0.15, 0.2) is 27.8 Å². The van der Waals surface area contributed by atoms with E-state index in [1.54, 1.807) is 13.4 Å². The molecule has 1 unspecified atom stereocenters. The fourth-order valence-corrected chi connectivity index (χ4v) is 1.72. The average molecular weight is 299 g/mol. The number of hydrogen-bond donors (Lipinski definition) is 2. The van der Waals surface area contributed by atoms with Gasteiger partial charge >= 0.3 is 0 Å². The zero-order valence-electron chi connectivity index (χ0n) is 12.5. The molecule has 0 aliphatic heterocycles. The molecule has 0 saturated carbocycles. The molecule has 6 heteroatoms. The van der Waals surface area contributed by atoms with Crippen molar-refractivity contribution < 1.29 is 9.15 Å². The highest BCUT2D eigenvalue weighted by Gasteiger charge is 2.02. The maximum Gasteiger partial charge on any atom is 0.191 e. The van der Waals surface area contributed by atoms with Crippen LogP contribution in [0.2, 0.25) is 0 Å². The first-order valence-corrected chi connectivity index (χ1v) is 8.11. The van der Waals surface area contributed by atoms with E-state index in [2.05, 4.69) is 28.8 Å². The predicted octanol–water partition coefficient (Wildman–Crippen LogP) is 1.76. The molecule has 0 saturated heterocycles. The first kappa shape index (κ1) is 16.9. The van der Waals surface area contributed by atoms with E-state index in [0.29, 0.717) is 11.9 Å². The number of rotatable bonds is 9. The van der Waals surface area contributed by atoms with Crippen molar-refractivity contribution in [2.75, 3.05) is 39.6 Å².